The molecule has 0 aliphatic carbocycles. The van der Waals surface area contributed by atoms with Crippen molar-refractivity contribution < 1.29 is 0 Å². The molecule has 6 aromatic carbocycles. The average molecular weight is 644 g/mol. The number of pyridine rings is 1. The van der Waals surface area contributed by atoms with E-state index in [0.29, 0.717) is 5.82 Å². The van der Waals surface area contributed by atoms with Crippen molar-refractivity contribution in [2.24, 2.45) is 0 Å². The summed E-state index contributed by atoms with van der Waals surface area (Å²) < 4.78 is 2.61. The van der Waals surface area contributed by atoms with E-state index in [1.54, 1.807) is 0 Å². The van der Waals surface area contributed by atoms with E-state index in [1.807, 2.05) is 54.1 Å². The Bertz CT molecular complexity index is 2580. The highest BCUT2D eigenvalue weighted by atomic mass is 32.1. The van der Waals surface area contributed by atoms with Crippen LogP contribution in [0.5, 0.6) is 0 Å². The van der Waals surface area contributed by atoms with Crippen LogP contribution in [-0.4, -0.2) is 15.0 Å². The van der Waals surface area contributed by atoms with Crippen LogP contribution in [-0.2, 0) is 0 Å². The molecular formula is C45H29N3S. The molecule has 49 heavy (non-hydrogen) atoms. The SMILES string of the molecule is c1ccc(-c2cc(-c3ccc4sc5ccccc5c4c3)cc(-c3cc(-c4ccc(-c5ccncc5)cc4)nc(-c4ccccc4)n3)c2)cc1. The van der Waals surface area contributed by atoms with Crippen LogP contribution in [0.25, 0.3) is 87.5 Å². The van der Waals surface area contributed by atoms with Crippen LogP contribution in [0.3, 0.4) is 0 Å². The lowest BCUT2D eigenvalue weighted by Crippen LogP contribution is -1.96. The van der Waals surface area contributed by atoms with Gasteiger partial charge in [-0.25, -0.2) is 9.97 Å². The fourth-order valence-corrected chi connectivity index (χ4v) is 7.57. The second-order valence-corrected chi connectivity index (χ2v) is 13.2. The van der Waals surface area contributed by atoms with Gasteiger partial charge in [-0.3, -0.25) is 4.98 Å². The van der Waals surface area contributed by atoms with Crippen molar-refractivity contribution >= 4 is 31.5 Å². The van der Waals surface area contributed by atoms with E-state index in [2.05, 4.69) is 138 Å². The van der Waals surface area contributed by atoms with E-state index in [-0.39, 0.29) is 0 Å². The summed E-state index contributed by atoms with van der Waals surface area (Å²) in [6, 6.07) is 57.9. The van der Waals surface area contributed by atoms with Crippen molar-refractivity contribution in [1.82, 2.24) is 15.0 Å². The third-order valence-corrected chi connectivity index (χ3v) is 10.2. The molecule has 0 radical (unpaired) electrons. The Balaban J connectivity index is 1.22. The van der Waals surface area contributed by atoms with E-state index in [4.69, 9.17) is 9.97 Å². The van der Waals surface area contributed by atoms with Gasteiger partial charge in [0.25, 0.3) is 0 Å². The zero-order chi connectivity index (χ0) is 32.6. The largest absolute Gasteiger partial charge is 0.265 e. The summed E-state index contributed by atoms with van der Waals surface area (Å²) >= 11 is 1.84. The number of rotatable bonds is 6. The molecule has 0 saturated heterocycles. The van der Waals surface area contributed by atoms with Gasteiger partial charge in [0.1, 0.15) is 0 Å². The zero-order valence-corrected chi connectivity index (χ0v) is 27.3. The first-order valence-corrected chi connectivity index (χ1v) is 17.1. The third-order valence-electron chi connectivity index (χ3n) is 9.00. The van der Waals surface area contributed by atoms with Crippen molar-refractivity contribution in [3.63, 3.8) is 0 Å². The molecule has 0 aliphatic heterocycles. The van der Waals surface area contributed by atoms with E-state index in [9.17, 15) is 0 Å². The minimum Gasteiger partial charge on any atom is -0.265 e. The normalized spacial score (nSPS) is 11.3. The lowest BCUT2D eigenvalue weighted by Gasteiger charge is -2.13. The van der Waals surface area contributed by atoms with E-state index >= 15 is 0 Å². The van der Waals surface area contributed by atoms with Gasteiger partial charge in [-0.2, -0.15) is 0 Å². The summed E-state index contributed by atoms with van der Waals surface area (Å²) in [6.07, 6.45) is 3.65. The summed E-state index contributed by atoms with van der Waals surface area (Å²) in [5, 5.41) is 2.59. The molecule has 0 atom stereocenters. The Hall–Kier alpha value is -6.23. The van der Waals surface area contributed by atoms with Gasteiger partial charge >= 0.3 is 0 Å². The summed E-state index contributed by atoms with van der Waals surface area (Å²) in [5.41, 5.74) is 11.7. The van der Waals surface area contributed by atoms with Gasteiger partial charge in [-0.1, -0.05) is 109 Å². The molecule has 3 aromatic heterocycles. The number of thiophene rings is 1. The number of benzene rings is 6. The van der Waals surface area contributed by atoms with E-state index in [1.165, 1.54) is 25.7 Å². The molecule has 3 heterocycles. The Kier molecular flexibility index (Phi) is 7.34. The van der Waals surface area contributed by atoms with Gasteiger partial charge in [-0.15, -0.1) is 11.3 Å². The number of fused-ring (bicyclic) bond motifs is 3. The van der Waals surface area contributed by atoms with Crippen molar-refractivity contribution in [3.8, 4) is 67.3 Å². The van der Waals surface area contributed by atoms with Crippen molar-refractivity contribution in [3.05, 3.63) is 176 Å². The lowest BCUT2D eigenvalue weighted by atomic mass is 9.94. The molecule has 0 spiro atoms. The van der Waals surface area contributed by atoms with Crippen LogP contribution >= 0.6 is 11.3 Å². The second-order valence-electron chi connectivity index (χ2n) is 12.1. The zero-order valence-electron chi connectivity index (χ0n) is 26.5. The fourth-order valence-electron chi connectivity index (χ4n) is 6.48. The van der Waals surface area contributed by atoms with Gasteiger partial charge in [0.15, 0.2) is 5.82 Å². The fraction of sp³-hybridized carbons (Fsp3) is 0. The van der Waals surface area contributed by atoms with Gasteiger partial charge in [-0.05, 0) is 88.0 Å². The van der Waals surface area contributed by atoms with E-state index in [0.717, 1.165) is 55.9 Å². The van der Waals surface area contributed by atoms with E-state index < -0.39 is 0 Å². The topological polar surface area (TPSA) is 38.7 Å². The Labute approximate surface area is 288 Å². The first-order chi connectivity index (χ1) is 24.2. The van der Waals surface area contributed by atoms with Gasteiger partial charge in [0, 0.05) is 49.3 Å². The quantitative estimate of drug-likeness (QED) is 0.181. The third kappa shape index (κ3) is 5.69. The van der Waals surface area contributed by atoms with Gasteiger partial charge in [0.2, 0.25) is 0 Å². The Morgan fingerprint density at radius 3 is 1.61 bits per heavy atom. The first kappa shape index (κ1) is 29.0. The summed E-state index contributed by atoms with van der Waals surface area (Å²) in [7, 11) is 0. The molecule has 4 heteroatoms. The minimum absolute atomic E-state index is 0.698. The molecule has 0 aliphatic rings. The predicted octanol–water partition coefficient (Wildman–Crippen LogP) is 12.2. The van der Waals surface area contributed by atoms with Crippen LogP contribution in [0.4, 0.5) is 0 Å². The standard InChI is InChI=1S/C45H29N3S/c1-3-9-30(10-4-1)36-25-37(35-19-20-44-40(28-35)39-13-7-8-14-43(39)49-44)27-38(26-36)42-29-41(47-45(48-42)34-11-5-2-6-12-34)33-17-15-31(16-18-33)32-21-23-46-24-22-32/h1-29H. The van der Waals surface area contributed by atoms with Gasteiger partial charge < -0.3 is 0 Å². The van der Waals surface area contributed by atoms with Crippen LogP contribution in [0.2, 0.25) is 0 Å². The highest BCUT2D eigenvalue weighted by molar-refractivity contribution is 7.25. The van der Waals surface area contributed by atoms with Crippen LogP contribution in [0, 0.1) is 0 Å². The maximum atomic E-state index is 5.20. The maximum Gasteiger partial charge on any atom is 0.160 e. The summed E-state index contributed by atoms with van der Waals surface area (Å²) in [6.45, 7) is 0. The molecule has 0 bridgehead atoms. The second kappa shape index (κ2) is 12.4. The highest BCUT2D eigenvalue weighted by Gasteiger charge is 2.15. The molecule has 230 valence electrons. The molecule has 3 nitrogen and oxygen atoms in total. The number of nitrogens with zero attached hydrogens (tertiary/aromatic N) is 3. The summed E-state index contributed by atoms with van der Waals surface area (Å²) in [4.78, 5) is 14.5. The monoisotopic (exact) mass is 643 g/mol. The molecular weight excluding hydrogens is 615 g/mol. The smallest absolute Gasteiger partial charge is 0.160 e. The maximum absolute atomic E-state index is 5.20. The van der Waals surface area contributed by atoms with Crippen LogP contribution in [0.1, 0.15) is 0 Å². The van der Waals surface area contributed by atoms with Crippen molar-refractivity contribution in [2.75, 3.05) is 0 Å². The minimum atomic E-state index is 0.698. The molecule has 0 fully saturated rings. The average Bonchev–Trinajstić information content (AvgIpc) is 3.57. The van der Waals surface area contributed by atoms with Crippen molar-refractivity contribution in [2.45, 2.75) is 0 Å². The Morgan fingerprint density at radius 1 is 0.327 bits per heavy atom. The summed E-state index contributed by atoms with van der Waals surface area (Å²) in [5.74, 6) is 0.698. The molecule has 0 amide bonds. The number of hydrogen-bond donors (Lipinski definition) is 0. The molecule has 0 unspecified atom stereocenters. The van der Waals surface area contributed by atoms with Crippen LogP contribution < -0.4 is 0 Å². The van der Waals surface area contributed by atoms with Crippen LogP contribution in [0.15, 0.2) is 176 Å². The first-order valence-electron chi connectivity index (χ1n) is 16.3. The van der Waals surface area contributed by atoms with Gasteiger partial charge in [0.05, 0.1) is 11.4 Å². The number of aromatic nitrogens is 3. The Morgan fingerprint density at radius 2 is 0.857 bits per heavy atom. The lowest BCUT2D eigenvalue weighted by molar-refractivity contribution is 1.18. The molecule has 9 rings (SSSR count). The molecule has 0 saturated carbocycles. The molecule has 0 N–H and O–H groups in total. The highest BCUT2D eigenvalue weighted by Crippen LogP contribution is 2.39. The molecule has 9 aromatic rings. The van der Waals surface area contributed by atoms with Crippen molar-refractivity contribution in [1.29, 1.82) is 0 Å². The predicted molar refractivity (Wildman–Crippen MR) is 205 cm³/mol. The number of hydrogen-bond acceptors (Lipinski definition) is 4.